The first-order chi connectivity index (χ1) is 5.33. The summed E-state index contributed by atoms with van der Waals surface area (Å²) in [6.45, 7) is 3.21. The van der Waals surface area contributed by atoms with Gasteiger partial charge in [0.05, 0.1) is 0 Å². The molecule has 0 atom stereocenters. The van der Waals surface area contributed by atoms with Crippen LogP contribution in [0.3, 0.4) is 0 Å². The van der Waals surface area contributed by atoms with E-state index >= 15 is 0 Å². The van der Waals surface area contributed by atoms with Crippen molar-refractivity contribution in [3.63, 3.8) is 0 Å². The highest BCUT2D eigenvalue weighted by Gasteiger charge is 2.17. The largest absolute Gasteiger partial charge is 0.324 e. The number of hydrogen-bond acceptors (Lipinski definition) is 2. The minimum absolute atomic E-state index is 0.755. The lowest BCUT2D eigenvalue weighted by atomic mass is 9.83. The zero-order chi connectivity index (χ0) is 8.10. The van der Waals surface area contributed by atoms with Crippen molar-refractivity contribution in [3.8, 4) is 6.19 Å². The van der Waals surface area contributed by atoms with E-state index in [0.717, 1.165) is 18.4 Å². The van der Waals surface area contributed by atoms with Gasteiger partial charge in [0.25, 0.3) is 0 Å². The average Bonchev–Trinajstić information content (AvgIpc) is 2.04. The minimum Gasteiger partial charge on any atom is -0.324 e. The molecule has 0 aromatic heterocycles. The highest BCUT2D eigenvalue weighted by Crippen LogP contribution is 2.27. The predicted molar refractivity (Wildman–Crippen MR) is 44.7 cm³/mol. The van der Waals surface area contributed by atoms with Gasteiger partial charge in [-0.3, -0.25) is 0 Å². The Hall–Kier alpha value is -0.710. The van der Waals surface area contributed by atoms with E-state index in [1.807, 2.05) is 6.19 Å². The lowest BCUT2D eigenvalue weighted by molar-refractivity contribution is 0.289. The summed E-state index contributed by atoms with van der Waals surface area (Å²) in [5.74, 6) is 1.67. The zero-order valence-corrected chi connectivity index (χ0v) is 7.14. The second-order valence-electron chi connectivity index (χ2n) is 3.62. The first-order valence-corrected chi connectivity index (χ1v) is 4.45. The van der Waals surface area contributed by atoms with E-state index in [4.69, 9.17) is 5.26 Å². The smallest absolute Gasteiger partial charge is 0.176 e. The maximum absolute atomic E-state index is 8.29. The molecule has 0 bridgehead atoms. The highest BCUT2D eigenvalue weighted by atomic mass is 14.8. The van der Waals surface area contributed by atoms with Crippen molar-refractivity contribution in [1.29, 1.82) is 5.26 Å². The molecule has 62 valence electrons. The number of nitrogens with zero attached hydrogens (tertiary/aromatic N) is 1. The van der Waals surface area contributed by atoms with Crippen molar-refractivity contribution < 1.29 is 0 Å². The Morgan fingerprint density at radius 3 is 2.55 bits per heavy atom. The van der Waals surface area contributed by atoms with Gasteiger partial charge in [0.2, 0.25) is 0 Å². The Morgan fingerprint density at radius 1 is 1.36 bits per heavy atom. The van der Waals surface area contributed by atoms with E-state index in [9.17, 15) is 0 Å². The van der Waals surface area contributed by atoms with Crippen LogP contribution in [0.4, 0.5) is 0 Å². The molecule has 0 radical (unpaired) electrons. The van der Waals surface area contributed by atoms with Crippen LogP contribution in [0, 0.1) is 23.3 Å². The monoisotopic (exact) mass is 152 g/mol. The number of nitrogens with one attached hydrogen (secondary N) is 1. The topological polar surface area (TPSA) is 35.8 Å². The molecular formula is C9H16N2. The van der Waals surface area contributed by atoms with Gasteiger partial charge in [-0.25, -0.2) is 0 Å². The minimum atomic E-state index is 0.755. The number of hydrogen-bond donors (Lipinski definition) is 1. The van der Waals surface area contributed by atoms with Gasteiger partial charge in [-0.05, 0) is 24.7 Å². The third-order valence-electron chi connectivity index (χ3n) is 2.61. The molecule has 11 heavy (non-hydrogen) atoms. The van der Waals surface area contributed by atoms with Crippen LogP contribution in [-0.2, 0) is 0 Å². The maximum atomic E-state index is 8.29. The van der Waals surface area contributed by atoms with Crippen LogP contribution in [0.2, 0.25) is 0 Å². The molecular weight excluding hydrogens is 136 g/mol. The lowest BCUT2D eigenvalue weighted by Crippen LogP contribution is -2.22. The highest BCUT2D eigenvalue weighted by molar-refractivity contribution is 4.75. The molecule has 2 heteroatoms. The van der Waals surface area contributed by atoms with E-state index in [-0.39, 0.29) is 0 Å². The second-order valence-corrected chi connectivity index (χ2v) is 3.62. The molecule has 0 spiro atoms. The molecule has 1 aliphatic carbocycles. The molecule has 1 saturated carbocycles. The van der Waals surface area contributed by atoms with Gasteiger partial charge in [0.1, 0.15) is 0 Å². The van der Waals surface area contributed by atoms with Gasteiger partial charge in [0.15, 0.2) is 6.19 Å². The number of rotatable bonds is 2. The van der Waals surface area contributed by atoms with Crippen LogP contribution in [0.5, 0.6) is 0 Å². The average molecular weight is 152 g/mol. The van der Waals surface area contributed by atoms with Crippen LogP contribution in [0.25, 0.3) is 0 Å². The molecule has 0 aromatic rings. The fourth-order valence-corrected chi connectivity index (χ4v) is 1.72. The molecule has 0 aromatic carbocycles. The summed E-state index contributed by atoms with van der Waals surface area (Å²) in [5.41, 5.74) is 0. The quantitative estimate of drug-likeness (QED) is 0.484. The van der Waals surface area contributed by atoms with E-state index in [1.165, 1.54) is 25.7 Å². The molecule has 1 fully saturated rings. The van der Waals surface area contributed by atoms with Crippen molar-refractivity contribution in [2.24, 2.45) is 11.8 Å². The van der Waals surface area contributed by atoms with Gasteiger partial charge < -0.3 is 5.32 Å². The molecule has 1 aliphatic rings. The maximum Gasteiger partial charge on any atom is 0.176 e. The van der Waals surface area contributed by atoms with Crippen LogP contribution in [0.1, 0.15) is 32.6 Å². The molecule has 0 heterocycles. The summed E-state index contributed by atoms with van der Waals surface area (Å²) in [6, 6.07) is 0. The molecule has 0 saturated heterocycles. The van der Waals surface area contributed by atoms with Crippen molar-refractivity contribution in [3.05, 3.63) is 0 Å². The van der Waals surface area contributed by atoms with Gasteiger partial charge in [0, 0.05) is 6.54 Å². The van der Waals surface area contributed by atoms with Crippen molar-refractivity contribution in [1.82, 2.24) is 5.32 Å². The molecule has 0 amide bonds. The Labute approximate surface area is 68.6 Å². The Balaban J connectivity index is 2.13. The summed E-state index contributed by atoms with van der Waals surface area (Å²) in [4.78, 5) is 0. The van der Waals surface area contributed by atoms with Gasteiger partial charge >= 0.3 is 0 Å². The Bertz CT molecular complexity index is 140. The van der Waals surface area contributed by atoms with Gasteiger partial charge in [-0.2, -0.15) is 5.26 Å². The lowest BCUT2D eigenvalue weighted by Gasteiger charge is -2.25. The molecule has 2 nitrogen and oxygen atoms in total. The van der Waals surface area contributed by atoms with Gasteiger partial charge in [-0.1, -0.05) is 19.8 Å². The second kappa shape index (κ2) is 4.23. The third-order valence-corrected chi connectivity index (χ3v) is 2.61. The summed E-state index contributed by atoms with van der Waals surface area (Å²) >= 11 is 0. The van der Waals surface area contributed by atoms with Crippen LogP contribution >= 0.6 is 0 Å². The molecule has 0 unspecified atom stereocenters. The van der Waals surface area contributed by atoms with Crippen molar-refractivity contribution in [2.75, 3.05) is 6.54 Å². The molecule has 1 rings (SSSR count). The Kier molecular flexibility index (Phi) is 3.22. The summed E-state index contributed by atoms with van der Waals surface area (Å²) in [6.07, 6.45) is 7.27. The SMILES string of the molecule is CC1CCC(CNC#N)CC1. The van der Waals surface area contributed by atoms with Gasteiger partial charge in [-0.15, -0.1) is 0 Å². The van der Waals surface area contributed by atoms with Crippen LogP contribution in [0.15, 0.2) is 0 Å². The van der Waals surface area contributed by atoms with E-state index in [0.29, 0.717) is 0 Å². The van der Waals surface area contributed by atoms with E-state index in [1.54, 1.807) is 0 Å². The van der Waals surface area contributed by atoms with Crippen molar-refractivity contribution in [2.45, 2.75) is 32.6 Å². The molecule has 1 N–H and O–H groups in total. The van der Waals surface area contributed by atoms with E-state index < -0.39 is 0 Å². The molecule has 0 aliphatic heterocycles. The summed E-state index contributed by atoms with van der Waals surface area (Å²) < 4.78 is 0. The van der Waals surface area contributed by atoms with Crippen LogP contribution < -0.4 is 5.32 Å². The van der Waals surface area contributed by atoms with E-state index in [2.05, 4.69) is 12.2 Å². The number of nitriles is 1. The zero-order valence-electron chi connectivity index (χ0n) is 7.14. The fraction of sp³-hybridized carbons (Fsp3) is 0.889. The first-order valence-electron chi connectivity index (χ1n) is 4.45. The Morgan fingerprint density at radius 2 is 2.00 bits per heavy atom. The third kappa shape index (κ3) is 2.80. The van der Waals surface area contributed by atoms with Crippen molar-refractivity contribution >= 4 is 0 Å². The normalized spacial score (nSPS) is 30.9. The summed E-state index contributed by atoms with van der Waals surface area (Å²) in [5, 5.41) is 11.0. The first kappa shape index (κ1) is 8.39. The van der Waals surface area contributed by atoms with Crippen LogP contribution in [-0.4, -0.2) is 6.54 Å². The predicted octanol–water partition coefficient (Wildman–Crippen LogP) is 1.88. The standard InChI is InChI=1S/C9H16N2/c1-8-2-4-9(5-3-8)6-11-7-10/h8-9,11H,2-6H2,1H3. The summed E-state index contributed by atoms with van der Waals surface area (Å²) in [7, 11) is 0. The fourth-order valence-electron chi connectivity index (χ4n) is 1.72.